The Bertz CT molecular complexity index is 1370. The lowest BCUT2D eigenvalue weighted by molar-refractivity contribution is -0.120. The van der Waals surface area contributed by atoms with Crippen molar-refractivity contribution in [3.05, 3.63) is 88.4 Å². The molecule has 1 saturated heterocycles. The van der Waals surface area contributed by atoms with Crippen molar-refractivity contribution in [1.29, 1.82) is 0 Å². The second kappa shape index (κ2) is 11.8. The van der Waals surface area contributed by atoms with Crippen LogP contribution in [0.5, 0.6) is 0 Å². The Morgan fingerprint density at radius 2 is 1.66 bits per heavy atom. The van der Waals surface area contributed by atoms with Gasteiger partial charge in [0.15, 0.2) is 0 Å². The lowest BCUT2D eigenvalue weighted by atomic mass is 9.98. The third-order valence-corrected chi connectivity index (χ3v) is 9.25. The molecular weight excluding hydrogens is 518 g/mol. The molecule has 3 aromatic carbocycles. The number of amides is 1. The molecule has 1 unspecified atom stereocenters. The number of piperidine rings is 1. The van der Waals surface area contributed by atoms with Gasteiger partial charge in [0.1, 0.15) is 6.54 Å². The fraction of sp³-hybridized carbons (Fsp3) is 0.367. The van der Waals surface area contributed by atoms with Gasteiger partial charge in [-0.05, 0) is 93.1 Å². The van der Waals surface area contributed by atoms with Gasteiger partial charge >= 0.3 is 0 Å². The molecule has 0 aromatic heterocycles. The van der Waals surface area contributed by atoms with E-state index in [4.69, 9.17) is 11.6 Å². The number of hydrogen-bond donors (Lipinski definition) is 1. The van der Waals surface area contributed by atoms with Crippen molar-refractivity contribution in [3.63, 3.8) is 0 Å². The molecule has 1 atom stereocenters. The van der Waals surface area contributed by atoms with Crippen LogP contribution in [0.1, 0.15) is 49.4 Å². The number of carbonyl (C=O) groups is 1. The summed E-state index contributed by atoms with van der Waals surface area (Å²) in [7, 11) is -4.00. The van der Waals surface area contributed by atoms with Gasteiger partial charge in [-0.25, -0.2) is 8.42 Å². The largest absolute Gasteiger partial charge is 0.372 e. The Kier molecular flexibility index (Phi) is 8.68. The quantitative estimate of drug-likeness (QED) is 0.357. The summed E-state index contributed by atoms with van der Waals surface area (Å²) < 4.78 is 28.5. The predicted octanol–water partition coefficient (Wildman–Crippen LogP) is 6.27. The average molecular weight is 554 g/mol. The Labute approximate surface area is 231 Å². The van der Waals surface area contributed by atoms with E-state index >= 15 is 0 Å². The molecule has 1 heterocycles. The molecule has 38 heavy (non-hydrogen) atoms. The summed E-state index contributed by atoms with van der Waals surface area (Å²) in [5.74, 6) is 0.378. The monoisotopic (exact) mass is 553 g/mol. The van der Waals surface area contributed by atoms with Crippen LogP contribution in [0.3, 0.4) is 0 Å². The minimum Gasteiger partial charge on any atom is -0.372 e. The number of nitrogens with zero attached hydrogens (tertiary/aromatic N) is 2. The fourth-order valence-electron chi connectivity index (χ4n) is 4.78. The maximum Gasteiger partial charge on any atom is 0.264 e. The molecule has 0 radical (unpaired) electrons. The molecular formula is C30H36ClN3O3S. The van der Waals surface area contributed by atoms with E-state index in [1.165, 1.54) is 18.5 Å². The van der Waals surface area contributed by atoms with E-state index in [-0.39, 0.29) is 17.5 Å². The van der Waals surface area contributed by atoms with Gasteiger partial charge in [0.25, 0.3) is 10.0 Å². The van der Waals surface area contributed by atoms with E-state index < -0.39 is 15.9 Å². The molecule has 1 amide bonds. The summed E-state index contributed by atoms with van der Waals surface area (Å²) >= 11 is 6.13. The number of anilines is 2. The lowest BCUT2D eigenvalue weighted by Gasteiger charge is -2.32. The van der Waals surface area contributed by atoms with E-state index in [1.807, 2.05) is 26.0 Å². The molecule has 6 nitrogen and oxygen atoms in total. The van der Waals surface area contributed by atoms with Crippen molar-refractivity contribution < 1.29 is 13.2 Å². The molecule has 0 spiro atoms. The summed E-state index contributed by atoms with van der Waals surface area (Å²) in [4.78, 5) is 15.7. The first-order valence-corrected chi connectivity index (χ1v) is 14.9. The van der Waals surface area contributed by atoms with Crippen LogP contribution in [0.4, 0.5) is 11.4 Å². The molecule has 0 bridgehead atoms. The Hall–Kier alpha value is -3.03. The highest BCUT2D eigenvalue weighted by atomic mass is 35.5. The van der Waals surface area contributed by atoms with Crippen LogP contribution in [0, 0.1) is 19.8 Å². The summed E-state index contributed by atoms with van der Waals surface area (Å²) in [6.07, 6.45) is 2.40. The highest BCUT2D eigenvalue weighted by Crippen LogP contribution is 2.29. The fourth-order valence-corrected chi connectivity index (χ4v) is 6.49. The molecule has 1 aliphatic heterocycles. The van der Waals surface area contributed by atoms with Crippen LogP contribution in [0.2, 0.25) is 5.02 Å². The Morgan fingerprint density at radius 3 is 2.26 bits per heavy atom. The second-order valence-corrected chi connectivity index (χ2v) is 12.6. The SMILES string of the molecule is Cc1ccc(S(=O)(=O)N(CC(=O)NC(C)c2ccc(N3CCC(C)CC3)cc2)c2ccc(Cl)cc2C)cc1. The van der Waals surface area contributed by atoms with Gasteiger partial charge in [-0.1, -0.05) is 48.4 Å². The van der Waals surface area contributed by atoms with Crippen molar-refractivity contribution in [1.82, 2.24) is 5.32 Å². The number of halogens is 1. The van der Waals surface area contributed by atoms with Crippen LogP contribution in [0.15, 0.2) is 71.6 Å². The maximum absolute atomic E-state index is 13.7. The first kappa shape index (κ1) is 28.0. The molecule has 3 aromatic rings. The number of benzene rings is 3. The number of carbonyl (C=O) groups excluding carboxylic acids is 1. The predicted molar refractivity (Wildman–Crippen MR) is 156 cm³/mol. The zero-order chi connectivity index (χ0) is 27.4. The van der Waals surface area contributed by atoms with Crippen molar-refractivity contribution >= 4 is 38.9 Å². The summed E-state index contributed by atoms with van der Waals surface area (Å²) in [5, 5.41) is 3.48. The number of hydrogen-bond acceptors (Lipinski definition) is 4. The van der Waals surface area contributed by atoms with Gasteiger partial charge in [0.2, 0.25) is 5.91 Å². The van der Waals surface area contributed by atoms with Gasteiger partial charge < -0.3 is 10.2 Å². The van der Waals surface area contributed by atoms with Crippen LogP contribution in [0.25, 0.3) is 0 Å². The first-order valence-electron chi connectivity index (χ1n) is 13.0. The van der Waals surface area contributed by atoms with Gasteiger partial charge in [0.05, 0.1) is 16.6 Å². The average Bonchev–Trinajstić information content (AvgIpc) is 2.88. The zero-order valence-corrected chi connectivity index (χ0v) is 24.0. The van der Waals surface area contributed by atoms with Crippen molar-refractivity contribution in [2.75, 3.05) is 28.8 Å². The molecule has 0 saturated carbocycles. The van der Waals surface area contributed by atoms with E-state index in [0.717, 1.165) is 34.4 Å². The molecule has 1 N–H and O–H groups in total. The van der Waals surface area contributed by atoms with Crippen LogP contribution >= 0.6 is 11.6 Å². The smallest absolute Gasteiger partial charge is 0.264 e. The van der Waals surface area contributed by atoms with E-state index in [9.17, 15) is 13.2 Å². The zero-order valence-electron chi connectivity index (χ0n) is 22.4. The second-order valence-electron chi connectivity index (χ2n) is 10.3. The third kappa shape index (κ3) is 6.51. The molecule has 8 heteroatoms. The maximum atomic E-state index is 13.7. The van der Waals surface area contributed by atoms with Crippen molar-refractivity contribution in [2.24, 2.45) is 5.92 Å². The third-order valence-electron chi connectivity index (χ3n) is 7.24. The normalized spacial score (nSPS) is 15.2. The van der Waals surface area contributed by atoms with Crippen LogP contribution in [-0.4, -0.2) is 34.0 Å². The summed E-state index contributed by atoms with van der Waals surface area (Å²) in [6, 6.07) is 19.6. The molecule has 1 fully saturated rings. The highest BCUT2D eigenvalue weighted by molar-refractivity contribution is 7.92. The summed E-state index contributed by atoms with van der Waals surface area (Å²) in [6.45, 7) is 9.64. The standard InChI is InChI=1S/C30H36ClN3O3S/c1-21-5-12-28(13-6-21)38(36,37)34(29-14-9-26(31)19-23(29)3)20-30(35)32-24(4)25-7-10-27(11-8-25)33-17-15-22(2)16-18-33/h5-14,19,22,24H,15-18,20H2,1-4H3,(H,32,35). The number of sulfonamides is 1. The number of nitrogens with one attached hydrogen (secondary N) is 1. The Morgan fingerprint density at radius 1 is 1.03 bits per heavy atom. The van der Waals surface area contributed by atoms with E-state index in [0.29, 0.717) is 16.3 Å². The van der Waals surface area contributed by atoms with Gasteiger partial charge in [-0.2, -0.15) is 0 Å². The van der Waals surface area contributed by atoms with E-state index in [2.05, 4.69) is 29.3 Å². The van der Waals surface area contributed by atoms with Crippen molar-refractivity contribution in [2.45, 2.75) is 51.5 Å². The highest BCUT2D eigenvalue weighted by Gasteiger charge is 2.29. The molecule has 4 rings (SSSR count). The molecule has 1 aliphatic rings. The van der Waals surface area contributed by atoms with Gasteiger partial charge in [-0.15, -0.1) is 0 Å². The molecule has 202 valence electrons. The minimum atomic E-state index is -4.00. The van der Waals surface area contributed by atoms with Crippen LogP contribution in [-0.2, 0) is 14.8 Å². The van der Waals surface area contributed by atoms with Crippen LogP contribution < -0.4 is 14.5 Å². The minimum absolute atomic E-state index is 0.126. The van der Waals surface area contributed by atoms with E-state index in [1.54, 1.807) is 49.4 Å². The number of aryl methyl sites for hydroxylation is 2. The topological polar surface area (TPSA) is 69.7 Å². The Balaban J connectivity index is 1.52. The molecule has 0 aliphatic carbocycles. The first-order chi connectivity index (χ1) is 18.0. The lowest BCUT2D eigenvalue weighted by Crippen LogP contribution is -2.42. The van der Waals surface area contributed by atoms with Crippen molar-refractivity contribution in [3.8, 4) is 0 Å². The van der Waals surface area contributed by atoms with Gasteiger partial charge in [0, 0.05) is 23.8 Å². The summed E-state index contributed by atoms with van der Waals surface area (Å²) in [5.41, 5.74) is 4.18. The van der Waals surface area contributed by atoms with Gasteiger partial charge in [-0.3, -0.25) is 9.10 Å². The number of rotatable bonds is 8.